The van der Waals surface area contributed by atoms with E-state index in [0.717, 1.165) is 31.3 Å². The van der Waals surface area contributed by atoms with Crippen molar-refractivity contribution in [2.24, 2.45) is 11.3 Å². The van der Waals surface area contributed by atoms with Crippen LogP contribution < -0.4 is 5.32 Å². The van der Waals surface area contributed by atoms with E-state index >= 15 is 0 Å². The van der Waals surface area contributed by atoms with Gasteiger partial charge in [-0.25, -0.2) is 4.98 Å². The molecule has 4 atom stereocenters. The number of anilines is 1. The van der Waals surface area contributed by atoms with Crippen LogP contribution in [0.1, 0.15) is 32.3 Å². The molecule has 134 valence electrons. The highest BCUT2D eigenvalue weighted by molar-refractivity contribution is 5.40. The zero-order valence-electron chi connectivity index (χ0n) is 14.1. The molecular formula is C17H24F3N3O. The molecule has 1 spiro atoms. The number of aliphatic hydroxyl groups is 1. The smallest absolute Gasteiger partial charge is 0.391 e. The summed E-state index contributed by atoms with van der Waals surface area (Å²) in [7, 11) is 2.08. The van der Waals surface area contributed by atoms with E-state index in [2.05, 4.69) is 36.1 Å². The van der Waals surface area contributed by atoms with Crippen LogP contribution in [0.3, 0.4) is 0 Å². The molecule has 0 amide bonds. The quantitative estimate of drug-likeness (QED) is 0.886. The van der Waals surface area contributed by atoms with Gasteiger partial charge in [-0.3, -0.25) is 0 Å². The fourth-order valence-electron chi connectivity index (χ4n) is 4.87. The largest absolute Gasteiger partial charge is 0.416 e. The number of likely N-dealkylation sites (tertiary alicyclic amines) is 1. The summed E-state index contributed by atoms with van der Waals surface area (Å²) in [6, 6.07) is 2.09. The first-order valence-corrected chi connectivity index (χ1v) is 8.30. The minimum atomic E-state index is -4.39. The molecule has 1 saturated carbocycles. The zero-order chi connectivity index (χ0) is 17.7. The maximum Gasteiger partial charge on any atom is 0.416 e. The fourth-order valence-corrected chi connectivity index (χ4v) is 4.87. The Morgan fingerprint density at radius 3 is 2.67 bits per heavy atom. The topological polar surface area (TPSA) is 48.4 Å². The van der Waals surface area contributed by atoms with Crippen LogP contribution in [0.4, 0.5) is 19.0 Å². The predicted octanol–water partition coefficient (Wildman–Crippen LogP) is 2.99. The first-order valence-electron chi connectivity index (χ1n) is 8.30. The summed E-state index contributed by atoms with van der Waals surface area (Å²) in [6.07, 6.45) is -2.39. The highest BCUT2D eigenvalue weighted by Crippen LogP contribution is 2.52. The van der Waals surface area contributed by atoms with E-state index < -0.39 is 17.8 Å². The lowest BCUT2D eigenvalue weighted by atomic mass is 9.66. The summed E-state index contributed by atoms with van der Waals surface area (Å²) in [4.78, 5) is 6.27. The van der Waals surface area contributed by atoms with Gasteiger partial charge in [0.25, 0.3) is 0 Å². The van der Waals surface area contributed by atoms with Gasteiger partial charge in [-0.1, -0.05) is 13.8 Å². The summed E-state index contributed by atoms with van der Waals surface area (Å²) >= 11 is 0. The zero-order valence-corrected chi connectivity index (χ0v) is 14.1. The fraction of sp³-hybridized carbons (Fsp3) is 0.706. The van der Waals surface area contributed by atoms with E-state index in [4.69, 9.17) is 0 Å². The number of aromatic nitrogens is 1. The maximum absolute atomic E-state index is 12.8. The molecule has 2 N–H and O–H groups in total. The Balaban J connectivity index is 1.73. The lowest BCUT2D eigenvalue weighted by Gasteiger charge is -2.57. The van der Waals surface area contributed by atoms with Crippen molar-refractivity contribution in [2.75, 3.05) is 18.9 Å². The van der Waals surface area contributed by atoms with Crippen LogP contribution in [-0.4, -0.2) is 46.8 Å². The molecule has 2 aliphatic rings. The summed E-state index contributed by atoms with van der Waals surface area (Å²) in [5.74, 6) is 0.640. The van der Waals surface area contributed by atoms with Gasteiger partial charge in [0.15, 0.2) is 0 Å². The van der Waals surface area contributed by atoms with Gasteiger partial charge < -0.3 is 15.3 Å². The van der Waals surface area contributed by atoms with E-state index in [1.54, 1.807) is 0 Å². The Bertz CT molecular complexity index is 602. The molecule has 1 aliphatic carbocycles. The third kappa shape index (κ3) is 2.99. The SMILES string of the molecule is CC(C)C1N(C)CC12C[C@@H](O)[C@H](Nc1cc(C(F)(F)F)ccn1)C2. The molecule has 1 aliphatic heterocycles. The number of halogens is 3. The van der Waals surface area contributed by atoms with Gasteiger partial charge in [0.05, 0.1) is 17.7 Å². The van der Waals surface area contributed by atoms with Crippen LogP contribution in [0.2, 0.25) is 0 Å². The molecule has 2 unspecified atom stereocenters. The van der Waals surface area contributed by atoms with Gasteiger partial charge in [-0.15, -0.1) is 0 Å². The lowest BCUT2D eigenvalue weighted by Crippen LogP contribution is -2.64. The molecule has 2 heterocycles. The van der Waals surface area contributed by atoms with Crippen LogP contribution in [0.25, 0.3) is 0 Å². The van der Waals surface area contributed by atoms with Gasteiger partial charge in [-0.05, 0) is 37.9 Å². The first kappa shape index (κ1) is 17.5. The highest BCUT2D eigenvalue weighted by atomic mass is 19.4. The molecule has 7 heteroatoms. The van der Waals surface area contributed by atoms with Crippen molar-refractivity contribution in [1.29, 1.82) is 0 Å². The molecule has 1 aromatic rings. The number of rotatable bonds is 3. The van der Waals surface area contributed by atoms with Crippen molar-refractivity contribution < 1.29 is 18.3 Å². The summed E-state index contributed by atoms with van der Waals surface area (Å²) in [6.45, 7) is 5.26. The Hall–Kier alpha value is -1.34. The molecular weight excluding hydrogens is 319 g/mol. The van der Waals surface area contributed by atoms with Gasteiger partial charge in [0.1, 0.15) is 5.82 Å². The van der Waals surface area contributed by atoms with Crippen molar-refractivity contribution in [3.63, 3.8) is 0 Å². The Kier molecular flexibility index (Phi) is 4.28. The number of nitrogens with zero attached hydrogens (tertiary/aromatic N) is 2. The lowest BCUT2D eigenvalue weighted by molar-refractivity contribution is -0.137. The molecule has 2 fully saturated rings. The summed E-state index contributed by atoms with van der Waals surface area (Å²) in [5.41, 5.74) is -0.688. The summed E-state index contributed by atoms with van der Waals surface area (Å²) < 4.78 is 38.5. The molecule has 0 bridgehead atoms. The average Bonchev–Trinajstić information content (AvgIpc) is 2.75. The first-order chi connectivity index (χ1) is 11.1. The predicted molar refractivity (Wildman–Crippen MR) is 85.6 cm³/mol. The van der Waals surface area contributed by atoms with Crippen LogP contribution in [0.15, 0.2) is 18.3 Å². The van der Waals surface area contributed by atoms with Crippen molar-refractivity contribution in [1.82, 2.24) is 9.88 Å². The van der Waals surface area contributed by atoms with Gasteiger partial charge in [-0.2, -0.15) is 13.2 Å². The Labute approximate surface area is 140 Å². The molecule has 1 saturated heterocycles. The number of hydrogen-bond donors (Lipinski definition) is 2. The van der Waals surface area contributed by atoms with E-state index in [0.29, 0.717) is 18.4 Å². The normalized spacial score (nSPS) is 33.9. The monoisotopic (exact) mass is 343 g/mol. The number of pyridine rings is 1. The van der Waals surface area contributed by atoms with E-state index in [9.17, 15) is 18.3 Å². The van der Waals surface area contributed by atoms with Crippen molar-refractivity contribution >= 4 is 5.82 Å². The third-order valence-electron chi connectivity index (χ3n) is 5.43. The second kappa shape index (κ2) is 5.88. The van der Waals surface area contributed by atoms with Crippen molar-refractivity contribution in [2.45, 2.75) is 51.1 Å². The van der Waals surface area contributed by atoms with E-state index in [1.807, 2.05) is 0 Å². The molecule has 24 heavy (non-hydrogen) atoms. The Morgan fingerprint density at radius 1 is 1.38 bits per heavy atom. The highest BCUT2D eigenvalue weighted by Gasteiger charge is 2.58. The second-order valence-electron chi connectivity index (χ2n) is 7.62. The minimum Gasteiger partial charge on any atom is -0.391 e. The van der Waals surface area contributed by atoms with Crippen LogP contribution in [0.5, 0.6) is 0 Å². The standard InChI is InChI=1S/C17H24F3N3O/c1-10(2)15-16(9-23(15)3)7-12(13(24)8-16)22-14-6-11(4-5-21-14)17(18,19)20/h4-6,10,12-13,15,24H,7-9H2,1-3H3,(H,21,22)/t12-,13-,15?,16?/m1/s1. The molecule has 1 aromatic heterocycles. The molecule has 0 aromatic carbocycles. The number of nitrogens with one attached hydrogen (secondary N) is 1. The molecule has 3 rings (SSSR count). The summed E-state index contributed by atoms with van der Waals surface area (Å²) in [5, 5.41) is 13.5. The number of alkyl halides is 3. The number of aliphatic hydroxyl groups excluding tert-OH is 1. The van der Waals surface area contributed by atoms with Gasteiger partial charge >= 0.3 is 6.18 Å². The van der Waals surface area contributed by atoms with Crippen molar-refractivity contribution in [3.05, 3.63) is 23.9 Å². The average molecular weight is 343 g/mol. The second-order valence-corrected chi connectivity index (χ2v) is 7.62. The van der Waals surface area contributed by atoms with Crippen LogP contribution in [0, 0.1) is 11.3 Å². The minimum absolute atomic E-state index is 0.0433. The van der Waals surface area contributed by atoms with Gasteiger partial charge in [0, 0.05) is 24.2 Å². The van der Waals surface area contributed by atoms with E-state index in [-0.39, 0.29) is 17.3 Å². The maximum atomic E-state index is 12.8. The molecule has 0 radical (unpaired) electrons. The number of hydrogen-bond acceptors (Lipinski definition) is 4. The third-order valence-corrected chi connectivity index (χ3v) is 5.43. The van der Waals surface area contributed by atoms with E-state index in [1.165, 1.54) is 0 Å². The van der Waals surface area contributed by atoms with Crippen LogP contribution >= 0.6 is 0 Å². The Morgan fingerprint density at radius 2 is 2.08 bits per heavy atom. The molecule has 4 nitrogen and oxygen atoms in total. The van der Waals surface area contributed by atoms with Crippen molar-refractivity contribution in [3.8, 4) is 0 Å². The van der Waals surface area contributed by atoms with Gasteiger partial charge in [0.2, 0.25) is 0 Å². The van der Waals surface area contributed by atoms with Crippen LogP contribution in [-0.2, 0) is 6.18 Å².